The number of ketones is 1. The zero-order chi connectivity index (χ0) is 18.5. The first-order valence-electron chi connectivity index (χ1n) is 7.83. The summed E-state index contributed by atoms with van der Waals surface area (Å²) in [5, 5.41) is 2.87. The summed E-state index contributed by atoms with van der Waals surface area (Å²) in [6, 6.07) is 12.9. The van der Waals surface area contributed by atoms with E-state index in [9.17, 15) is 14.4 Å². The maximum absolute atomic E-state index is 12.9. The van der Waals surface area contributed by atoms with Crippen molar-refractivity contribution in [1.29, 1.82) is 0 Å². The number of rotatable bonds is 6. The number of amides is 1. The van der Waals surface area contributed by atoms with Gasteiger partial charge >= 0.3 is 0 Å². The minimum atomic E-state index is -1.38. The van der Waals surface area contributed by atoms with Gasteiger partial charge in [-0.15, -0.1) is 0 Å². The number of halogens is 1. The normalized spacial score (nSPS) is 11.7. The highest BCUT2D eigenvalue weighted by Gasteiger charge is 2.30. The van der Waals surface area contributed by atoms with Gasteiger partial charge in [0.2, 0.25) is 0 Å². The molecule has 2 heterocycles. The lowest BCUT2D eigenvalue weighted by Gasteiger charge is -2.18. The molecule has 0 saturated carbocycles. The van der Waals surface area contributed by atoms with Crippen molar-refractivity contribution in [3.05, 3.63) is 93.8 Å². The Kier molecular flexibility index (Phi) is 5.34. The zero-order valence-electron chi connectivity index (χ0n) is 13.6. The molecule has 1 aromatic carbocycles. The fourth-order valence-electron chi connectivity index (χ4n) is 2.49. The maximum Gasteiger partial charge on any atom is 0.251 e. The summed E-state index contributed by atoms with van der Waals surface area (Å²) in [5.74, 6) is -0.603. The van der Waals surface area contributed by atoms with E-state index in [-0.39, 0.29) is 11.6 Å². The fourth-order valence-corrected chi connectivity index (χ4v) is 2.66. The molecule has 0 aliphatic rings. The van der Waals surface area contributed by atoms with Crippen LogP contribution in [0.3, 0.4) is 0 Å². The van der Waals surface area contributed by atoms with Crippen molar-refractivity contribution >= 4 is 23.3 Å². The number of carbonyl (C=O) groups excluding carboxylic acids is 2. The Hall–Kier alpha value is -3.12. The van der Waals surface area contributed by atoms with Crippen LogP contribution >= 0.6 is 11.6 Å². The smallest absolute Gasteiger partial charge is 0.251 e. The van der Waals surface area contributed by atoms with Gasteiger partial charge in [-0.1, -0.05) is 41.9 Å². The zero-order valence-corrected chi connectivity index (χ0v) is 14.3. The van der Waals surface area contributed by atoms with Crippen molar-refractivity contribution < 1.29 is 14.0 Å². The molecule has 0 fully saturated rings. The van der Waals surface area contributed by atoms with Gasteiger partial charge in [0, 0.05) is 17.8 Å². The van der Waals surface area contributed by atoms with Crippen LogP contribution in [0.1, 0.15) is 22.2 Å². The molecule has 0 radical (unpaired) electrons. The van der Waals surface area contributed by atoms with Crippen LogP contribution in [0.5, 0.6) is 0 Å². The van der Waals surface area contributed by atoms with E-state index in [0.29, 0.717) is 11.3 Å². The van der Waals surface area contributed by atoms with Gasteiger partial charge in [0.15, 0.2) is 11.8 Å². The molecule has 1 N–H and O–H groups in total. The number of nitrogens with one attached hydrogen (secondary N) is 1. The lowest BCUT2D eigenvalue weighted by atomic mass is 10.0. The van der Waals surface area contributed by atoms with Crippen molar-refractivity contribution in [3.63, 3.8) is 0 Å². The van der Waals surface area contributed by atoms with E-state index in [0.717, 1.165) is 4.57 Å². The Labute approximate surface area is 154 Å². The van der Waals surface area contributed by atoms with Crippen molar-refractivity contribution in [1.82, 2.24) is 9.88 Å². The number of pyridine rings is 1. The second-order valence-electron chi connectivity index (χ2n) is 5.52. The summed E-state index contributed by atoms with van der Waals surface area (Å²) in [5.41, 5.74) is -0.186. The highest BCUT2D eigenvalue weighted by molar-refractivity contribution is 6.30. The van der Waals surface area contributed by atoms with Crippen molar-refractivity contribution in [2.75, 3.05) is 0 Å². The first kappa shape index (κ1) is 17.7. The van der Waals surface area contributed by atoms with Crippen LogP contribution in [0.2, 0.25) is 5.02 Å². The molecule has 0 aliphatic carbocycles. The Balaban J connectivity index is 1.95. The molecule has 0 saturated heterocycles. The third-order valence-electron chi connectivity index (χ3n) is 3.75. The monoisotopic (exact) mass is 370 g/mol. The topological polar surface area (TPSA) is 81.3 Å². The summed E-state index contributed by atoms with van der Waals surface area (Å²) in [6.45, 7) is 0.0969. The molecule has 0 aliphatic heterocycles. The average molecular weight is 371 g/mol. The Morgan fingerprint density at radius 2 is 1.85 bits per heavy atom. The lowest BCUT2D eigenvalue weighted by molar-refractivity contribution is -0.123. The highest BCUT2D eigenvalue weighted by Crippen LogP contribution is 2.16. The van der Waals surface area contributed by atoms with E-state index in [1.807, 2.05) is 0 Å². The molecule has 0 bridgehead atoms. The second kappa shape index (κ2) is 7.84. The van der Waals surface area contributed by atoms with Gasteiger partial charge < -0.3 is 9.73 Å². The molecular formula is C19H15ClN2O4. The van der Waals surface area contributed by atoms with E-state index < -0.39 is 23.3 Å². The summed E-state index contributed by atoms with van der Waals surface area (Å²) in [4.78, 5) is 37.9. The molecule has 3 rings (SSSR count). The van der Waals surface area contributed by atoms with Crippen LogP contribution in [0.4, 0.5) is 0 Å². The lowest BCUT2D eigenvalue weighted by Crippen LogP contribution is -2.41. The predicted octanol–water partition coefficient (Wildman–Crippen LogP) is 2.84. The van der Waals surface area contributed by atoms with E-state index in [1.54, 1.807) is 42.5 Å². The van der Waals surface area contributed by atoms with Crippen molar-refractivity contribution in [3.8, 4) is 0 Å². The third kappa shape index (κ3) is 3.92. The Bertz CT molecular complexity index is 965. The molecule has 6 nitrogen and oxygen atoms in total. The van der Waals surface area contributed by atoms with Crippen molar-refractivity contribution in [2.45, 2.75) is 12.6 Å². The van der Waals surface area contributed by atoms with Gasteiger partial charge in [0.25, 0.3) is 11.5 Å². The summed E-state index contributed by atoms with van der Waals surface area (Å²) in [6.07, 6.45) is 2.76. The molecule has 0 spiro atoms. The molecule has 26 heavy (non-hydrogen) atoms. The minimum absolute atomic E-state index is 0.0969. The van der Waals surface area contributed by atoms with E-state index in [4.69, 9.17) is 16.0 Å². The molecule has 0 unspecified atom stereocenters. The van der Waals surface area contributed by atoms with Gasteiger partial charge in [-0.25, -0.2) is 0 Å². The van der Waals surface area contributed by atoms with Crippen LogP contribution in [0.25, 0.3) is 0 Å². The maximum atomic E-state index is 12.9. The number of Topliss-reactive ketones (excluding diaryl/α,β-unsaturated/α-hetero) is 1. The van der Waals surface area contributed by atoms with Gasteiger partial charge in [0.05, 0.1) is 17.8 Å². The van der Waals surface area contributed by atoms with Gasteiger partial charge in [-0.3, -0.25) is 19.0 Å². The van der Waals surface area contributed by atoms with E-state index >= 15 is 0 Å². The van der Waals surface area contributed by atoms with Crippen LogP contribution in [-0.2, 0) is 11.3 Å². The van der Waals surface area contributed by atoms with Crippen LogP contribution < -0.4 is 10.9 Å². The number of aromatic nitrogens is 1. The van der Waals surface area contributed by atoms with Crippen molar-refractivity contribution in [2.24, 2.45) is 0 Å². The van der Waals surface area contributed by atoms with Crippen LogP contribution in [0.15, 0.2) is 76.3 Å². The third-order valence-corrected chi connectivity index (χ3v) is 3.98. The predicted molar refractivity (Wildman–Crippen MR) is 96.1 cm³/mol. The van der Waals surface area contributed by atoms with Crippen LogP contribution in [0, 0.1) is 0 Å². The highest BCUT2D eigenvalue weighted by atomic mass is 35.5. The Morgan fingerprint density at radius 3 is 2.54 bits per heavy atom. The number of benzene rings is 1. The van der Waals surface area contributed by atoms with E-state index in [1.165, 1.54) is 24.6 Å². The summed E-state index contributed by atoms with van der Waals surface area (Å²) >= 11 is 5.96. The SMILES string of the molecule is O=C(NCc1ccco1)[C@H](C(=O)c1ccccc1)n1cc(Cl)ccc1=O. The van der Waals surface area contributed by atoms with Crippen LogP contribution in [-0.4, -0.2) is 16.3 Å². The number of carbonyl (C=O) groups is 2. The number of furan rings is 1. The summed E-state index contributed by atoms with van der Waals surface area (Å²) < 4.78 is 6.20. The number of hydrogen-bond donors (Lipinski definition) is 1. The minimum Gasteiger partial charge on any atom is -0.467 e. The largest absolute Gasteiger partial charge is 0.467 e. The quantitative estimate of drug-likeness (QED) is 0.534. The molecule has 1 amide bonds. The van der Waals surface area contributed by atoms with E-state index in [2.05, 4.69) is 5.32 Å². The fraction of sp³-hybridized carbons (Fsp3) is 0.105. The van der Waals surface area contributed by atoms with Gasteiger partial charge in [0.1, 0.15) is 5.76 Å². The summed E-state index contributed by atoms with van der Waals surface area (Å²) in [7, 11) is 0. The van der Waals surface area contributed by atoms with Gasteiger partial charge in [-0.05, 0) is 18.2 Å². The molecule has 132 valence electrons. The molecule has 2 aromatic heterocycles. The first-order valence-corrected chi connectivity index (χ1v) is 8.21. The van der Waals surface area contributed by atoms with Gasteiger partial charge in [-0.2, -0.15) is 0 Å². The Morgan fingerprint density at radius 1 is 1.08 bits per heavy atom. The molecular weight excluding hydrogens is 356 g/mol. The first-order chi connectivity index (χ1) is 12.6. The molecule has 7 heteroatoms. The number of nitrogens with zero attached hydrogens (tertiary/aromatic N) is 1. The molecule has 1 atom stereocenters. The standard InChI is InChI=1S/C19H15ClN2O4/c20-14-8-9-16(23)22(12-14)17(18(24)13-5-2-1-3-6-13)19(25)21-11-15-7-4-10-26-15/h1-10,12,17H,11H2,(H,21,25)/t17-/m0/s1. The molecule has 3 aromatic rings. The second-order valence-corrected chi connectivity index (χ2v) is 5.96. The number of hydrogen-bond acceptors (Lipinski definition) is 4. The average Bonchev–Trinajstić information content (AvgIpc) is 3.17.